The molecule has 4 rings (SSSR count). The first kappa shape index (κ1) is 16.0. The van der Waals surface area contributed by atoms with E-state index in [2.05, 4.69) is 36.6 Å². The van der Waals surface area contributed by atoms with Crippen LogP contribution in [-0.4, -0.2) is 42.7 Å². The van der Waals surface area contributed by atoms with E-state index in [4.69, 9.17) is 4.52 Å². The Hall–Kier alpha value is -2.54. The lowest BCUT2D eigenvalue weighted by atomic mass is 9.94. The average Bonchev–Trinajstić information content (AvgIpc) is 3.26. The van der Waals surface area contributed by atoms with E-state index < -0.39 is 0 Å². The molecule has 1 atom stereocenters. The molecule has 7 nitrogen and oxygen atoms in total. The van der Waals surface area contributed by atoms with Gasteiger partial charge in [0, 0.05) is 50.4 Å². The molecule has 25 heavy (non-hydrogen) atoms. The molecule has 0 bridgehead atoms. The van der Waals surface area contributed by atoms with Crippen molar-refractivity contribution in [2.45, 2.75) is 25.8 Å². The van der Waals surface area contributed by atoms with Gasteiger partial charge in [0.05, 0.1) is 6.54 Å². The summed E-state index contributed by atoms with van der Waals surface area (Å²) in [5, 5.41) is 4.08. The molecule has 1 fully saturated rings. The minimum absolute atomic E-state index is 0.602. The minimum atomic E-state index is 0.602. The Balaban J connectivity index is 1.38. The normalized spacial score (nSPS) is 18.5. The highest BCUT2D eigenvalue weighted by Crippen LogP contribution is 2.22. The number of hydrogen-bond acceptors (Lipinski definition) is 6. The summed E-state index contributed by atoms with van der Waals surface area (Å²) in [5.41, 5.74) is 0.879. The average molecular weight is 338 g/mol. The summed E-state index contributed by atoms with van der Waals surface area (Å²) in [4.78, 5) is 15.5. The van der Waals surface area contributed by atoms with Crippen LogP contribution in [0.1, 0.15) is 24.6 Å². The predicted octanol–water partition coefficient (Wildman–Crippen LogP) is 2.32. The molecule has 0 aromatic carbocycles. The molecule has 0 saturated carbocycles. The van der Waals surface area contributed by atoms with Crippen LogP contribution in [0.3, 0.4) is 0 Å². The van der Waals surface area contributed by atoms with Crippen LogP contribution in [0, 0.1) is 5.92 Å². The van der Waals surface area contributed by atoms with Crippen molar-refractivity contribution in [2.75, 3.05) is 13.1 Å². The van der Waals surface area contributed by atoms with E-state index in [-0.39, 0.29) is 0 Å². The van der Waals surface area contributed by atoms with Crippen molar-refractivity contribution in [2.24, 2.45) is 13.0 Å². The molecule has 0 spiro atoms. The van der Waals surface area contributed by atoms with Crippen molar-refractivity contribution >= 4 is 0 Å². The van der Waals surface area contributed by atoms with Gasteiger partial charge in [-0.1, -0.05) is 5.16 Å². The van der Waals surface area contributed by atoms with Gasteiger partial charge < -0.3 is 9.09 Å². The number of piperidine rings is 1. The van der Waals surface area contributed by atoms with Crippen molar-refractivity contribution in [3.8, 4) is 11.4 Å². The Morgan fingerprint density at radius 2 is 2.28 bits per heavy atom. The van der Waals surface area contributed by atoms with Gasteiger partial charge in [0.25, 0.3) is 0 Å². The SMILES string of the molecule is Cn1ccnc1C[C@@H]1CCCN(Cc2nc(-c3cccnc3)no2)C1. The Morgan fingerprint density at radius 3 is 3.08 bits per heavy atom. The lowest BCUT2D eigenvalue weighted by Gasteiger charge is -2.31. The van der Waals surface area contributed by atoms with E-state index in [1.165, 1.54) is 12.8 Å². The van der Waals surface area contributed by atoms with Gasteiger partial charge in [0.1, 0.15) is 5.82 Å². The summed E-state index contributed by atoms with van der Waals surface area (Å²) in [6.45, 7) is 2.81. The number of nitrogens with zero attached hydrogens (tertiary/aromatic N) is 6. The Labute approximate surface area is 146 Å². The maximum Gasteiger partial charge on any atom is 0.241 e. The van der Waals surface area contributed by atoms with Crippen molar-refractivity contribution in [3.63, 3.8) is 0 Å². The topological polar surface area (TPSA) is 72.9 Å². The largest absolute Gasteiger partial charge is 0.338 e. The van der Waals surface area contributed by atoms with Crippen molar-refractivity contribution < 1.29 is 4.52 Å². The van der Waals surface area contributed by atoms with Crippen molar-refractivity contribution in [1.29, 1.82) is 0 Å². The van der Waals surface area contributed by atoms with Crippen LogP contribution in [0.2, 0.25) is 0 Å². The molecule has 3 aromatic rings. The van der Waals surface area contributed by atoms with E-state index in [1.807, 2.05) is 24.5 Å². The first-order valence-electron chi connectivity index (χ1n) is 8.69. The molecule has 3 aromatic heterocycles. The fourth-order valence-corrected chi connectivity index (χ4v) is 3.44. The zero-order valence-electron chi connectivity index (χ0n) is 14.4. The number of imidazole rings is 1. The number of pyridine rings is 1. The molecule has 1 aliphatic heterocycles. The third kappa shape index (κ3) is 3.76. The number of aryl methyl sites for hydroxylation is 1. The van der Waals surface area contributed by atoms with Crippen LogP contribution < -0.4 is 0 Å². The van der Waals surface area contributed by atoms with Crippen molar-refractivity contribution in [1.82, 2.24) is 29.6 Å². The fourth-order valence-electron chi connectivity index (χ4n) is 3.44. The smallest absolute Gasteiger partial charge is 0.241 e. The molecular weight excluding hydrogens is 316 g/mol. The number of rotatable bonds is 5. The molecule has 1 saturated heterocycles. The van der Waals surface area contributed by atoms with Crippen LogP contribution >= 0.6 is 0 Å². The second-order valence-electron chi connectivity index (χ2n) is 6.66. The summed E-state index contributed by atoms with van der Waals surface area (Å²) in [6.07, 6.45) is 10.8. The minimum Gasteiger partial charge on any atom is -0.338 e. The molecular formula is C18H22N6O. The molecule has 4 heterocycles. The molecule has 7 heteroatoms. The van der Waals surface area contributed by atoms with E-state index in [0.29, 0.717) is 24.2 Å². The fraction of sp³-hybridized carbons (Fsp3) is 0.444. The van der Waals surface area contributed by atoms with Gasteiger partial charge in [-0.3, -0.25) is 9.88 Å². The third-order valence-corrected chi connectivity index (χ3v) is 4.74. The van der Waals surface area contributed by atoms with Crippen LogP contribution in [0.15, 0.2) is 41.4 Å². The highest BCUT2D eigenvalue weighted by atomic mass is 16.5. The summed E-state index contributed by atoms with van der Waals surface area (Å²) in [5.74, 6) is 3.04. The lowest BCUT2D eigenvalue weighted by Crippen LogP contribution is -2.36. The summed E-state index contributed by atoms with van der Waals surface area (Å²) >= 11 is 0. The molecule has 1 aliphatic rings. The Morgan fingerprint density at radius 1 is 1.32 bits per heavy atom. The van der Waals surface area contributed by atoms with Crippen LogP contribution in [0.25, 0.3) is 11.4 Å². The number of likely N-dealkylation sites (tertiary alicyclic amines) is 1. The Kier molecular flexibility index (Phi) is 4.56. The monoisotopic (exact) mass is 338 g/mol. The quantitative estimate of drug-likeness (QED) is 0.711. The van der Waals surface area contributed by atoms with Crippen molar-refractivity contribution in [3.05, 3.63) is 48.6 Å². The maximum absolute atomic E-state index is 5.44. The third-order valence-electron chi connectivity index (χ3n) is 4.74. The highest BCUT2D eigenvalue weighted by molar-refractivity contribution is 5.51. The Bertz CT molecular complexity index is 812. The summed E-state index contributed by atoms with van der Waals surface area (Å²) in [6, 6.07) is 3.81. The van der Waals surface area contributed by atoms with Gasteiger partial charge in [0.15, 0.2) is 0 Å². The first-order valence-corrected chi connectivity index (χ1v) is 8.69. The number of aromatic nitrogens is 5. The standard InChI is InChI=1S/C18H22N6O/c1-23-9-7-20-16(23)10-14-4-3-8-24(12-14)13-17-21-18(22-25-17)15-5-2-6-19-11-15/h2,5-7,9,11,14H,3-4,8,10,12-13H2,1H3/t14-/m0/s1. The van der Waals surface area contributed by atoms with Crippen LogP contribution in [-0.2, 0) is 20.0 Å². The number of hydrogen-bond donors (Lipinski definition) is 0. The van der Waals surface area contributed by atoms with Gasteiger partial charge in [-0.15, -0.1) is 0 Å². The first-order chi connectivity index (χ1) is 12.3. The highest BCUT2D eigenvalue weighted by Gasteiger charge is 2.23. The van der Waals surface area contributed by atoms with E-state index >= 15 is 0 Å². The second kappa shape index (κ2) is 7.14. The van der Waals surface area contributed by atoms with E-state index in [9.17, 15) is 0 Å². The second-order valence-corrected chi connectivity index (χ2v) is 6.66. The summed E-state index contributed by atoms with van der Waals surface area (Å²) < 4.78 is 7.54. The van der Waals surface area contributed by atoms with Gasteiger partial charge in [-0.2, -0.15) is 4.98 Å². The van der Waals surface area contributed by atoms with Gasteiger partial charge in [-0.25, -0.2) is 4.98 Å². The van der Waals surface area contributed by atoms with Crippen LogP contribution in [0.5, 0.6) is 0 Å². The maximum atomic E-state index is 5.44. The van der Waals surface area contributed by atoms with E-state index in [0.717, 1.165) is 30.9 Å². The zero-order chi connectivity index (χ0) is 17.1. The molecule has 0 radical (unpaired) electrons. The molecule has 0 aliphatic carbocycles. The molecule has 0 unspecified atom stereocenters. The predicted molar refractivity (Wildman–Crippen MR) is 92.4 cm³/mol. The lowest BCUT2D eigenvalue weighted by molar-refractivity contribution is 0.148. The summed E-state index contributed by atoms with van der Waals surface area (Å²) in [7, 11) is 2.06. The van der Waals surface area contributed by atoms with Gasteiger partial charge >= 0.3 is 0 Å². The molecule has 0 N–H and O–H groups in total. The molecule has 130 valence electrons. The molecule has 0 amide bonds. The van der Waals surface area contributed by atoms with Crippen LogP contribution in [0.4, 0.5) is 0 Å². The van der Waals surface area contributed by atoms with E-state index in [1.54, 1.807) is 12.4 Å². The zero-order valence-corrected chi connectivity index (χ0v) is 14.4. The van der Waals surface area contributed by atoms with Gasteiger partial charge in [0.2, 0.25) is 11.7 Å². The van der Waals surface area contributed by atoms with Gasteiger partial charge in [-0.05, 0) is 37.4 Å².